The SMILES string of the molecule is O=C1[C@H]2[C@@H](C(=O)N1c1ccc(Cl)cc1)N1CCCN1[C@H]2c1ccc(F)cc1. The Hall–Kier alpha value is -2.28. The normalized spacial score (nSPS) is 28.1. The van der Waals surface area contributed by atoms with Gasteiger partial charge in [0.25, 0.3) is 5.91 Å². The van der Waals surface area contributed by atoms with E-state index in [0.29, 0.717) is 10.7 Å². The van der Waals surface area contributed by atoms with Gasteiger partial charge in [-0.3, -0.25) is 9.59 Å². The van der Waals surface area contributed by atoms with E-state index in [1.165, 1.54) is 17.0 Å². The van der Waals surface area contributed by atoms with Crippen LogP contribution in [-0.2, 0) is 9.59 Å². The molecule has 2 aromatic carbocycles. The molecule has 0 saturated carbocycles. The number of nitrogens with zero attached hydrogens (tertiary/aromatic N) is 3. The lowest BCUT2D eigenvalue weighted by atomic mass is 9.90. The van der Waals surface area contributed by atoms with Crippen LogP contribution in [0.1, 0.15) is 18.0 Å². The summed E-state index contributed by atoms with van der Waals surface area (Å²) in [5, 5.41) is 4.68. The van der Waals surface area contributed by atoms with E-state index in [1.807, 2.05) is 5.01 Å². The summed E-state index contributed by atoms with van der Waals surface area (Å²) in [6.07, 6.45) is 0.934. The second-order valence-corrected chi connectivity index (χ2v) is 7.57. The standard InChI is InChI=1S/C20H17ClFN3O2/c21-13-4-8-15(9-5-13)25-19(26)16-17(12-2-6-14(22)7-3-12)23-10-1-11-24(23)18(16)20(25)27/h2-9,16-18H,1,10-11H2/t16-,17+,18+/m1/s1. The molecule has 3 aliphatic rings. The van der Waals surface area contributed by atoms with Crippen LogP contribution < -0.4 is 4.90 Å². The van der Waals surface area contributed by atoms with Gasteiger partial charge in [0.2, 0.25) is 5.91 Å². The quantitative estimate of drug-likeness (QED) is 0.745. The molecule has 0 aromatic heterocycles. The number of halogens is 2. The number of hydrazine groups is 1. The van der Waals surface area contributed by atoms with Crippen LogP contribution in [0.3, 0.4) is 0 Å². The fraction of sp³-hybridized carbons (Fsp3) is 0.300. The van der Waals surface area contributed by atoms with Gasteiger partial charge in [0.1, 0.15) is 11.9 Å². The molecule has 3 atom stereocenters. The maximum absolute atomic E-state index is 13.4. The first-order chi connectivity index (χ1) is 13.1. The summed E-state index contributed by atoms with van der Waals surface area (Å²) in [7, 11) is 0. The summed E-state index contributed by atoms with van der Waals surface area (Å²) in [6, 6.07) is 12.2. The summed E-state index contributed by atoms with van der Waals surface area (Å²) >= 11 is 5.94. The summed E-state index contributed by atoms with van der Waals surface area (Å²) in [4.78, 5) is 27.8. The van der Waals surface area contributed by atoms with Gasteiger partial charge < -0.3 is 0 Å². The second kappa shape index (κ2) is 6.12. The van der Waals surface area contributed by atoms with E-state index in [9.17, 15) is 14.0 Å². The van der Waals surface area contributed by atoms with E-state index in [2.05, 4.69) is 5.01 Å². The van der Waals surface area contributed by atoms with Crippen LogP contribution in [0, 0.1) is 11.7 Å². The predicted octanol–water partition coefficient (Wildman–Crippen LogP) is 3.01. The maximum Gasteiger partial charge on any atom is 0.253 e. The van der Waals surface area contributed by atoms with Gasteiger partial charge in [0.15, 0.2) is 0 Å². The van der Waals surface area contributed by atoms with Crippen molar-refractivity contribution in [3.05, 3.63) is 64.9 Å². The number of amides is 2. The molecule has 3 saturated heterocycles. The zero-order chi connectivity index (χ0) is 18.7. The van der Waals surface area contributed by atoms with Crippen LogP contribution in [0.2, 0.25) is 5.02 Å². The lowest BCUT2D eigenvalue weighted by Crippen LogP contribution is -2.44. The highest BCUT2D eigenvalue weighted by atomic mass is 35.5. The molecule has 0 radical (unpaired) electrons. The molecule has 3 aliphatic heterocycles. The third-order valence-corrected chi connectivity index (χ3v) is 5.95. The number of imide groups is 1. The van der Waals surface area contributed by atoms with E-state index in [1.54, 1.807) is 36.4 Å². The summed E-state index contributed by atoms with van der Waals surface area (Å²) in [5.41, 5.74) is 1.39. The van der Waals surface area contributed by atoms with Crippen LogP contribution in [-0.4, -0.2) is 41.0 Å². The number of benzene rings is 2. The van der Waals surface area contributed by atoms with Crippen molar-refractivity contribution in [2.45, 2.75) is 18.5 Å². The lowest BCUT2D eigenvalue weighted by Gasteiger charge is -2.29. The van der Waals surface area contributed by atoms with Crippen molar-refractivity contribution in [2.24, 2.45) is 5.92 Å². The van der Waals surface area contributed by atoms with Crippen molar-refractivity contribution in [3.63, 3.8) is 0 Å². The molecule has 3 heterocycles. The topological polar surface area (TPSA) is 43.9 Å². The number of hydrogen-bond donors (Lipinski definition) is 0. The fourth-order valence-corrected chi connectivity index (χ4v) is 4.74. The summed E-state index contributed by atoms with van der Waals surface area (Å²) in [6.45, 7) is 1.53. The zero-order valence-corrected chi connectivity index (χ0v) is 15.1. The molecule has 2 aromatic rings. The molecule has 3 fully saturated rings. The van der Waals surface area contributed by atoms with E-state index in [-0.39, 0.29) is 23.7 Å². The molecule has 0 N–H and O–H groups in total. The van der Waals surface area contributed by atoms with Gasteiger partial charge >= 0.3 is 0 Å². The minimum atomic E-state index is -0.509. The Morgan fingerprint density at radius 3 is 2.15 bits per heavy atom. The molecule has 0 spiro atoms. The van der Waals surface area contributed by atoms with Gasteiger partial charge in [0, 0.05) is 18.1 Å². The Kier molecular flexibility index (Phi) is 3.82. The fourth-order valence-electron chi connectivity index (χ4n) is 4.62. The van der Waals surface area contributed by atoms with E-state index in [0.717, 1.165) is 25.1 Å². The van der Waals surface area contributed by atoms with Crippen molar-refractivity contribution < 1.29 is 14.0 Å². The molecule has 5 nitrogen and oxygen atoms in total. The molecule has 0 aliphatic carbocycles. The molecule has 27 heavy (non-hydrogen) atoms. The van der Waals surface area contributed by atoms with E-state index < -0.39 is 12.0 Å². The molecule has 5 rings (SSSR count). The van der Waals surface area contributed by atoms with E-state index in [4.69, 9.17) is 11.6 Å². The van der Waals surface area contributed by atoms with Crippen LogP contribution >= 0.6 is 11.6 Å². The van der Waals surface area contributed by atoms with Crippen molar-refractivity contribution in [3.8, 4) is 0 Å². The molecular weight excluding hydrogens is 369 g/mol. The zero-order valence-electron chi connectivity index (χ0n) is 14.4. The monoisotopic (exact) mass is 385 g/mol. The number of carbonyl (C=O) groups excluding carboxylic acids is 2. The first-order valence-corrected chi connectivity index (χ1v) is 9.36. The maximum atomic E-state index is 13.4. The van der Waals surface area contributed by atoms with Crippen molar-refractivity contribution in [1.82, 2.24) is 10.0 Å². The van der Waals surface area contributed by atoms with Crippen LogP contribution in [0.5, 0.6) is 0 Å². The van der Waals surface area contributed by atoms with Crippen molar-refractivity contribution in [1.29, 1.82) is 0 Å². The van der Waals surface area contributed by atoms with Gasteiger partial charge in [-0.2, -0.15) is 0 Å². The Labute approximate surface area is 160 Å². The van der Waals surface area contributed by atoms with Gasteiger partial charge in [-0.05, 0) is 48.4 Å². The minimum absolute atomic E-state index is 0.205. The van der Waals surface area contributed by atoms with Crippen LogP contribution in [0.15, 0.2) is 48.5 Å². The van der Waals surface area contributed by atoms with Gasteiger partial charge in [-0.1, -0.05) is 23.7 Å². The second-order valence-electron chi connectivity index (χ2n) is 7.14. The highest BCUT2D eigenvalue weighted by Gasteiger charge is 2.62. The largest absolute Gasteiger partial charge is 0.274 e. The number of carbonyl (C=O) groups is 2. The number of rotatable bonds is 2. The smallest absolute Gasteiger partial charge is 0.253 e. The summed E-state index contributed by atoms with van der Waals surface area (Å²) < 4.78 is 13.4. The molecule has 0 bridgehead atoms. The molecule has 138 valence electrons. The third-order valence-electron chi connectivity index (χ3n) is 5.70. The van der Waals surface area contributed by atoms with Gasteiger partial charge in [-0.15, -0.1) is 0 Å². The number of fused-ring (bicyclic) bond motifs is 3. The molecule has 7 heteroatoms. The molecular formula is C20H17ClFN3O2. The number of anilines is 1. The predicted molar refractivity (Wildman–Crippen MR) is 98.4 cm³/mol. The van der Waals surface area contributed by atoms with Crippen LogP contribution in [0.25, 0.3) is 0 Å². The lowest BCUT2D eigenvalue weighted by molar-refractivity contribution is -0.126. The Morgan fingerprint density at radius 2 is 1.48 bits per heavy atom. The van der Waals surface area contributed by atoms with Crippen molar-refractivity contribution >= 4 is 29.1 Å². The van der Waals surface area contributed by atoms with Gasteiger partial charge in [0.05, 0.1) is 17.6 Å². The Morgan fingerprint density at radius 1 is 0.852 bits per heavy atom. The van der Waals surface area contributed by atoms with Gasteiger partial charge in [-0.25, -0.2) is 19.3 Å². The highest BCUT2D eigenvalue weighted by Crippen LogP contribution is 2.48. The van der Waals surface area contributed by atoms with Crippen LogP contribution in [0.4, 0.5) is 10.1 Å². The molecule has 2 amide bonds. The average molecular weight is 386 g/mol. The third kappa shape index (κ3) is 2.44. The highest BCUT2D eigenvalue weighted by molar-refractivity contribution is 6.31. The Bertz CT molecular complexity index is 918. The number of hydrogen-bond acceptors (Lipinski definition) is 4. The minimum Gasteiger partial charge on any atom is -0.274 e. The van der Waals surface area contributed by atoms with E-state index >= 15 is 0 Å². The first kappa shape index (κ1) is 16.9. The summed E-state index contributed by atoms with van der Waals surface area (Å²) in [5.74, 6) is -1.23. The molecule has 0 unspecified atom stereocenters. The van der Waals surface area contributed by atoms with Crippen molar-refractivity contribution in [2.75, 3.05) is 18.0 Å². The first-order valence-electron chi connectivity index (χ1n) is 8.98. The Balaban J connectivity index is 1.57. The average Bonchev–Trinajstić information content (AvgIpc) is 3.30.